The molecule has 1 N–H and O–H groups in total. The van der Waals surface area contributed by atoms with Crippen molar-refractivity contribution in [2.24, 2.45) is 5.92 Å². The number of benzene rings is 1. The number of nitrogens with zero attached hydrogens (tertiary/aromatic N) is 1. The minimum atomic E-state index is -0.544. The fraction of sp³-hybridized carbons (Fsp3) is 0.636. The van der Waals surface area contributed by atoms with Crippen LogP contribution in [-0.2, 0) is 9.53 Å². The molecule has 0 spiro atoms. The minimum Gasteiger partial charge on any atom is -0.492 e. The van der Waals surface area contributed by atoms with Gasteiger partial charge >= 0.3 is 12.0 Å². The summed E-state index contributed by atoms with van der Waals surface area (Å²) in [7, 11) is 0. The molecule has 0 unspecified atom stereocenters. The van der Waals surface area contributed by atoms with Gasteiger partial charge in [0.15, 0.2) is 0 Å². The molecule has 0 bridgehead atoms. The largest absolute Gasteiger partial charge is 0.492 e. The van der Waals surface area contributed by atoms with E-state index in [0.717, 1.165) is 19.3 Å². The van der Waals surface area contributed by atoms with Crippen LogP contribution in [0.15, 0.2) is 24.3 Å². The molecule has 29 heavy (non-hydrogen) atoms. The van der Waals surface area contributed by atoms with Crippen molar-refractivity contribution in [3.05, 3.63) is 24.3 Å². The molecule has 2 amide bonds. The summed E-state index contributed by atoms with van der Waals surface area (Å²) in [6.07, 6.45) is 6.61. The maximum atomic E-state index is 13.4. The van der Waals surface area contributed by atoms with Gasteiger partial charge in [-0.05, 0) is 44.2 Å². The van der Waals surface area contributed by atoms with Gasteiger partial charge in [-0.15, -0.1) is 11.8 Å². The number of urea groups is 1. The molecule has 1 heterocycles. The van der Waals surface area contributed by atoms with Gasteiger partial charge in [0.1, 0.15) is 11.8 Å². The van der Waals surface area contributed by atoms with Gasteiger partial charge in [0.05, 0.1) is 24.3 Å². The second kappa shape index (κ2) is 10.8. The lowest BCUT2D eigenvalue weighted by atomic mass is 9.88. The molecule has 3 rings (SSSR count). The highest BCUT2D eigenvalue weighted by Crippen LogP contribution is 2.41. The molecule has 6 nitrogen and oxygen atoms in total. The molecule has 1 aromatic rings. The summed E-state index contributed by atoms with van der Waals surface area (Å²) in [6, 6.07) is 6.61. The fourth-order valence-corrected chi connectivity index (χ4v) is 5.70. The van der Waals surface area contributed by atoms with E-state index in [4.69, 9.17) is 9.47 Å². The molecule has 160 valence electrons. The van der Waals surface area contributed by atoms with Crippen molar-refractivity contribution in [1.82, 2.24) is 4.90 Å². The van der Waals surface area contributed by atoms with Gasteiger partial charge in [0, 0.05) is 5.75 Å². The first-order chi connectivity index (χ1) is 14.2. The molecule has 1 aromatic carbocycles. The summed E-state index contributed by atoms with van der Waals surface area (Å²) in [5.74, 6) is 1.34. The van der Waals surface area contributed by atoms with Crippen molar-refractivity contribution in [2.75, 3.05) is 24.3 Å². The van der Waals surface area contributed by atoms with Crippen LogP contribution in [0.25, 0.3) is 0 Å². The smallest absolute Gasteiger partial charge is 0.329 e. The number of para-hydroxylation sites is 2. The van der Waals surface area contributed by atoms with Crippen molar-refractivity contribution in [2.45, 2.75) is 63.8 Å². The average molecular weight is 421 g/mol. The number of carbonyl (C=O) groups excluding carboxylic acids is 2. The summed E-state index contributed by atoms with van der Waals surface area (Å²) in [5.41, 5.74) is 0.624. The third-order valence-corrected chi connectivity index (χ3v) is 6.93. The summed E-state index contributed by atoms with van der Waals surface area (Å²) < 4.78 is 11.0. The molecule has 2 aliphatic rings. The number of amides is 2. The molecule has 2 atom stereocenters. The second-order valence-corrected chi connectivity index (χ2v) is 8.72. The molecular formula is C22H32N2O4S. The lowest BCUT2D eigenvalue weighted by Gasteiger charge is -2.35. The van der Waals surface area contributed by atoms with Crippen molar-refractivity contribution >= 4 is 29.4 Å². The number of anilines is 1. The standard InChI is InChI=1S/C22H32N2O4S/c1-3-14-28-21(25)18-15-29-20(16-10-6-5-7-11-16)24(18)22(26)23-17-12-8-9-13-19(17)27-4-2/h8-9,12-13,16,18,20H,3-7,10-11,14-15H2,1-2H3,(H,23,26)/t18-,20+/m1/s1. The summed E-state index contributed by atoms with van der Waals surface area (Å²) in [5, 5.41) is 3.00. The normalized spacial score (nSPS) is 22.3. The maximum absolute atomic E-state index is 13.4. The first kappa shape index (κ1) is 21.8. The third-order valence-electron chi connectivity index (χ3n) is 5.47. The first-order valence-electron chi connectivity index (χ1n) is 10.7. The molecule has 1 saturated carbocycles. The molecule has 1 saturated heterocycles. The van der Waals surface area contributed by atoms with Crippen molar-refractivity contribution in [3.8, 4) is 5.75 Å². The number of hydrogen-bond donors (Lipinski definition) is 1. The van der Waals surface area contributed by atoms with Crippen LogP contribution in [0.3, 0.4) is 0 Å². The minimum absolute atomic E-state index is 0.00809. The van der Waals surface area contributed by atoms with Crippen LogP contribution >= 0.6 is 11.8 Å². The highest BCUT2D eigenvalue weighted by atomic mass is 32.2. The van der Waals surface area contributed by atoms with E-state index in [1.54, 1.807) is 16.7 Å². The highest BCUT2D eigenvalue weighted by molar-refractivity contribution is 8.00. The zero-order chi connectivity index (χ0) is 20.6. The number of ether oxygens (including phenoxy) is 2. The molecule has 2 fully saturated rings. The Kier molecular flexibility index (Phi) is 8.09. The van der Waals surface area contributed by atoms with Crippen molar-refractivity contribution in [3.63, 3.8) is 0 Å². The number of esters is 1. The van der Waals surface area contributed by atoms with Crippen LogP contribution in [0.4, 0.5) is 10.5 Å². The fourth-order valence-electron chi connectivity index (χ4n) is 4.08. The number of rotatable bonds is 7. The summed E-state index contributed by atoms with van der Waals surface area (Å²) in [4.78, 5) is 27.8. The molecule has 0 radical (unpaired) electrons. The van der Waals surface area contributed by atoms with Crippen LogP contribution < -0.4 is 10.1 Å². The Balaban J connectivity index is 1.80. The van der Waals surface area contributed by atoms with E-state index in [0.29, 0.717) is 36.3 Å². The van der Waals surface area contributed by atoms with E-state index >= 15 is 0 Å². The number of nitrogens with one attached hydrogen (secondary N) is 1. The SMILES string of the molecule is CCCOC(=O)[C@H]1CS[C@@H](C2CCCCC2)N1C(=O)Nc1ccccc1OCC. The molecule has 1 aliphatic heterocycles. The number of thioether (sulfide) groups is 1. The van der Waals surface area contributed by atoms with Gasteiger partial charge in [-0.25, -0.2) is 9.59 Å². The van der Waals surface area contributed by atoms with E-state index in [9.17, 15) is 9.59 Å². The molecule has 7 heteroatoms. The zero-order valence-corrected chi connectivity index (χ0v) is 18.2. The highest BCUT2D eigenvalue weighted by Gasteiger charge is 2.45. The predicted molar refractivity (Wildman–Crippen MR) is 116 cm³/mol. The third kappa shape index (κ3) is 5.38. The van der Waals surface area contributed by atoms with Gasteiger partial charge in [-0.1, -0.05) is 38.3 Å². The average Bonchev–Trinajstić information content (AvgIpc) is 3.19. The number of carbonyl (C=O) groups is 2. The van der Waals surface area contributed by atoms with Crippen LogP contribution in [0.2, 0.25) is 0 Å². The molecule has 0 aromatic heterocycles. The van der Waals surface area contributed by atoms with Crippen LogP contribution in [0.1, 0.15) is 52.4 Å². The Morgan fingerprint density at radius 1 is 1.17 bits per heavy atom. The van der Waals surface area contributed by atoms with Crippen molar-refractivity contribution in [1.29, 1.82) is 0 Å². The van der Waals surface area contributed by atoms with Gasteiger partial charge < -0.3 is 14.8 Å². The van der Waals surface area contributed by atoms with Gasteiger partial charge in [-0.3, -0.25) is 4.90 Å². The zero-order valence-electron chi connectivity index (χ0n) is 17.4. The topological polar surface area (TPSA) is 67.9 Å². The Hall–Kier alpha value is -1.89. The lowest BCUT2D eigenvalue weighted by Crippen LogP contribution is -2.50. The van der Waals surface area contributed by atoms with Crippen LogP contribution in [0, 0.1) is 5.92 Å². The monoisotopic (exact) mass is 420 g/mol. The maximum Gasteiger partial charge on any atom is 0.329 e. The van der Waals surface area contributed by atoms with E-state index in [-0.39, 0.29) is 17.4 Å². The summed E-state index contributed by atoms with van der Waals surface area (Å²) in [6.45, 7) is 4.78. The van der Waals surface area contributed by atoms with E-state index in [2.05, 4.69) is 5.32 Å². The Labute approximate surface area is 177 Å². The predicted octanol–water partition coefficient (Wildman–Crippen LogP) is 4.89. The Morgan fingerprint density at radius 3 is 2.66 bits per heavy atom. The second-order valence-electron chi connectivity index (χ2n) is 7.57. The summed E-state index contributed by atoms with van der Waals surface area (Å²) >= 11 is 1.71. The quantitative estimate of drug-likeness (QED) is 0.636. The Morgan fingerprint density at radius 2 is 1.93 bits per heavy atom. The van der Waals surface area contributed by atoms with Gasteiger partial charge in [0.2, 0.25) is 0 Å². The van der Waals surface area contributed by atoms with Crippen LogP contribution in [0.5, 0.6) is 5.75 Å². The number of hydrogen-bond acceptors (Lipinski definition) is 5. The first-order valence-corrected chi connectivity index (χ1v) is 11.8. The Bertz CT molecular complexity index is 693. The molecule has 1 aliphatic carbocycles. The van der Waals surface area contributed by atoms with Gasteiger partial charge in [0.25, 0.3) is 0 Å². The van der Waals surface area contributed by atoms with E-state index < -0.39 is 6.04 Å². The van der Waals surface area contributed by atoms with Gasteiger partial charge in [-0.2, -0.15) is 0 Å². The molecular weight excluding hydrogens is 388 g/mol. The van der Waals surface area contributed by atoms with E-state index in [1.807, 2.05) is 38.1 Å². The van der Waals surface area contributed by atoms with Crippen molar-refractivity contribution < 1.29 is 19.1 Å². The lowest BCUT2D eigenvalue weighted by molar-refractivity contribution is -0.148. The van der Waals surface area contributed by atoms with E-state index in [1.165, 1.54) is 19.3 Å². The van der Waals surface area contributed by atoms with Crippen LogP contribution in [-0.4, -0.2) is 47.3 Å².